The number of hydrogen-bond donors (Lipinski definition) is 1. The van der Waals surface area contributed by atoms with Crippen molar-refractivity contribution in [1.82, 2.24) is 15.1 Å². The lowest BCUT2D eigenvalue weighted by Gasteiger charge is -2.18. The molecule has 1 aliphatic rings. The fourth-order valence-electron chi connectivity index (χ4n) is 1.57. The van der Waals surface area contributed by atoms with Crippen molar-refractivity contribution in [3.05, 3.63) is 18.0 Å². The van der Waals surface area contributed by atoms with Gasteiger partial charge in [-0.25, -0.2) is 0 Å². The van der Waals surface area contributed by atoms with E-state index in [4.69, 9.17) is 5.26 Å². The molecule has 5 heteroatoms. The standard InChI is InChI=1S/C10H12N4O/c1-14(6-8-4-12-13-5-8)9(15)10(7-11)2-3-10/h4-5H,2-3,6H2,1H3,(H,12,13). The largest absolute Gasteiger partial charge is 0.340 e. The summed E-state index contributed by atoms with van der Waals surface area (Å²) in [5.41, 5.74) is 0.220. The number of nitriles is 1. The molecule has 1 N–H and O–H groups in total. The predicted octanol–water partition coefficient (Wildman–Crippen LogP) is 0.672. The van der Waals surface area contributed by atoms with Crippen LogP contribution in [-0.2, 0) is 11.3 Å². The molecule has 5 nitrogen and oxygen atoms in total. The van der Waals surface area contributed by atoms with Crippen LogP contribution in [0.15, 0.2) is 12.4 Å². The molecule has 78 valence electrons. The van der Waals surface area contributed by atoms with E-state index >= 15 is 0 Å². The van der Waals surface area contributed by atoms with Gasteiger partial charge in [0.15, 0.2) is 0 Å². The van der Waals surface area contributed by atoms with Gasteiger partial charge in [0.1, 0.15) is 5.41 Å². The highest BCUT2D eigenvalue weighted by Crippen LogP contribution is 2.46. The van der Waals surface area contributed by atoms with Crippen LogP contribution in [0.1, 0.15) is 18.4 Å². The Morgan fingerprint density at radius 2 is 2.53 bits per heavy atom. The molecule has 0 radical (unpaired) electrons. The number of hydrogen-bond acceptors (Lipinski definition) is 3. The zero-order chi connectivity index (χ0) is 10.9. The van der Waals surface area contributed by atoms with Crippen LogP contribution >= 0.6 is 0 Å². The van der Waals surface area contributed by atoms with Crippen LogP contribution in [0, 0.1) is 16.7 Å². The van der Waals surface area contributed by atoms with Crippen molar-refractivity contribution in [2.75, 3.05) is 7.05 Å². The van der Waals surface area contributed by atoms with E-state index in [2.05, 4.69) is 16.3 Å². The Morgan fingerprint density at radius 3 is 3.00 bits per heavy atom. The van der Waals surface area contributed by atoms with E-state index in [0.29, 0.717) is 19.4 Å². The first-order chi connectivity index (χ1) is 7.18. The third-order valence-corrected chi connectivity index (χ3v) is 2.69. The maximum atomic E-state index is 11.9. The third-order valence-electron chi connectivity index (χ3n) is 2.69. The van der Waals surface area contributed by atoms with E-state index in [9.17, 15) is 4.79 Å². The van der Waals surface area contributed by atoms with Crippen LogP contribution in [0.2, 0.25) is 0 Å². The number of nitrogens with zero attached hydrogens (tertiary/aromatic N) is 3. The maximum absolute atomic E-state index is 11.9. The second kappa shape index (κ2) is 3.39. The number of aromatic nitrogens is 2. The Morgan fingerprint density at radius 1 is 1.80 bits per heavy atom. The van der Waals surface area contributed by atoms with Crippen LogP contribution < -0.4 is 0 Å². The average Bonchev–Trinajstić information content (AvgIpc) is 2.89. The molecular formula is C10H12N4O. The van der Waals surface area contributed by atoms with Crippen LogP contribution in [0.5, 0.6) is 0 Å². The zero-order valence-electron chi connectivity index (χ0n) is 8.53. The molecule has 1 fully saturated rings. The summed E-state index contributed by atoms with van der Waals surface area (Å²) in [4.78, 5) is 13.4. The van der Waals surface area contributed by atoms with Gasteiger partial charge in [-0.2, -0.15) is 10.4 Å². The molecule has 1 aromatic heterocycles. The molecule has 0 atom stereocenters. The minimum atomic E-state index is -0.724. The molecular weight excluding hydrogens is 192 g/mol. The van der Waals surface area contributed by atoms with Gasteiger partial charge in [-0.1, -0.05) is 0 Å². The van der Waals surface area contributed by atoms with Crippen LogP contribution in [-0.4, -0.2) is 28.1 Å². The van der Waals surface area contributed by atoms with Crippen LogP contribution in [0.3, 0.4) is 0 Å². The first-order valence-electron chi connectivity index (χ1n) is 4.82. The van der Waals surface area contributed by atoms with Gasteiger partial charge in [-0.3, -0.25) is 9.89 Å². The third kappa shape index (κ3) is 1.71. The van der Waals surface area contributed by atoms with Gasteiger partial charge in [-0.15, -0.1) is 0 Å². The highest BCUT2D eigenvalue weighted by molar-refractivity contribution is 5.88. The van der Waals surface area contributed by atoms with Crippen molar-refractivity contribution in [2.45, 2.75) is 19.4 Å². The highest BCUT2D eigenvalue weighted by atomic mass is 16.2. The number of nitrogens with one attached hydrogen (secondary N) is 1. The Hall–Kier alpha value is -1.83. The number of aromatic amines is 1. The maximum Gasteiger partial charge on any atom is 0.243 e. The minimum Gasteiger partial charge on any atom is -0.340 e. The van der Waals surface area contributed by atoms with E-state index < -0.39 is 5.41 Å². The second-order valence-corrected chi connectivity index (χ2v) is 3.96. The first kappa shape index (κ1) is 9.71. The van der Waals surface area contributed by atoms with Crippen molar-refractivity contribution in [2.24, 2.45) is 5.41 Å². The van der Waals surface area contributed by atoms with Crippen molar-refractivity contribution < 1.29 is 4.79 Å². The molecule has 1 saturated carbocycles. The lowest BCUT2D eigenvalue weighted by Crippen LogP contribution is -2.32. The second-order valence-electron chi connectivity index (χ2n) is 3.96. The first-order valence-corrected chi connectivity index (χ1v) is 4.82. The smallest absolute Gasteiger partial charge is 0.243 e. The van der Waals surface area contributed by atoms with Gasteiger partial charge in [0.25, 0.3) is 0 Å². The predicted molar refractivity (Wildman–Crippen MR) is 52.3 cm³/mol. The highest BCUT2D eigenvalue weighted by Gasteiger charge is 2.51. The topological polar surface area (TPSA) is 72.8 Å². The molecule has 0 aliphatic heterocycles. The fraction of sp³-hybridized carbons (Fsp3) is 0.500. The van der Waals surface area contributed by atoms with Gasteiger partial charge in [0.05, 0.1) is 12.3 Å². The summed E-state index contributed by atoms with van der Waals surface area (Å²) >= 11 is 0. The quantitative estimate of drug-likeness (QED) is 0.786. The molecule has 1 aliphatic carbocycles. The lowest BCUT2D eigenvalue weighted by molar-refractivity contribution is -0.134. The molecule has 0 spiro atoms. The summed E-state index contributed by atoms with van der Waals surface area (Å²) in [7, 11) is 1.72. The molecule has 1 aromatic rings. The minimum absolute atomic E-state index is 0.0776. The molecule has 0 unspecified atom stereocenters. The summed E-state index contributed by atoms with van der Waals surface area (Å²) in [6.45, 7) is 0.499. The Balaban J connectivity index is 2.00. The van der Waals surface area contributed by atoms with Gasteiger partial charge in [-0.05, 0) is 12.8 Å². The van der Waals surface area contributed by atoms with E-state index in [1.807, 2.05) is 0 Å². The number of H-pyrrole nitrogens is 1. The van der Waals surface area contributed by atoms with E-state index in [1.165, 1.54) is 0 Å². The summed E-state index contributed by atoms with van der Waals surface area (Å²) in [6.07, 6.45) is 4.81. The SMILES string of the molecule is CN(Cc1cn[nH]c1)C(=O)C1(C#N)CC1. The Bertz CT molecular complexity index is 400. The Labute approximate surface area is 87.7 Å². The molecule has 15 heavy (non-hydrogen) atoms. The molecule has 1 heterocycles. The summed E-state index contributed by atoms with van der Waals surface area (Å²) in [5, 5.41) is 15.4. The van der Waals surface area contributed by atoms with Crippen molar-refractivity contribution in [1.29, 1.82) is 5.26 Å². The van der Waals surface area contributed by atoms with Crippen LogP contribution in [0.25, 0.3) is 0 Å². The summed E-state index contributed by atoms with van der Waals surface area (Å²) < 4.78 is 0. The van der Waals surface area contributed by atoms with E-state index in [-0.39, 0.29) is 5.91 Å². The number of rotatable bonds is 3. The molecule has 0 bridgehead atoms. The number of carbonyl (C=O) groups excluding carboxylic acids is 1. The van der Waals surface area contributed by atoms with Gasteiger partial charge in [0.2, 0.25) is 5.91 Å². The van der Waals surface area contributed by atoms with Crippen molar-refractivity contribution >= 4 is 5.91 Å². The normalized spacial score (nSPS) is 16.8. The van der Waals surface area contributed by atoms with Crippen LogP contribution in [0.4, 0.5) is 0 Å². The van der Waals surface area contributed by atoms with Gasteiger partial charge < -0.3 is 4.90 Å². The Kier molecular flexibility index (Phi) is 2.19. The number of carbonyl (C=O) groups is 1. The number of amides is 1. The average molecular weight is 204 g/mol. The van der Waals surface area contributed by atoms with Gasteiger partial charge >= 0.3 is 0 Å². The fourth-order valence-corrected chi connectivity index (χ4v) is 1.57. The van der Waals surface area contributed by atoms with Crippen molar-refractivity contribution in [3.8, 4) is 6.07 Å². The monoisotopic (exact) mass is 204 g/mol. The summed E-state index contributed by atoms with van der Waals surface area (Å²) in [6, 6.07) is 2.10. The molecule has 1 amide bonds. The molecule has 2 rings (SSSR count). The van der Waals surface area contributed by atoms with Gasteiger partial charge in [0, 0.05) is 25.4 Å². The van der Waals surface area contributed by atoms with Crippen molar-refractivity contribution in [3.63, 3.8) is 0 Å². The van der Waals surface area contributed by atoms with E-state index in [1.54, 1.807) is 24.3 Å². The summed E-state index contributed by atoms with van der Waals surface area (Å²) in [5.74, 6) is -0.0776. The zero-order valence-corrected chi connectivity index (χ0v) is 8.53. The van der Waals surface area contributed by atoms with E-state index in [0.717, 1.165) is 5.56 Å². The molecule has 0 aromatic carbocycles. The molecule has 0 saturated heterocycles. The lowest BCUT2D eigenvalue weighted by atomic mass is 10.1.